The highest BCUT2D eigenvalue weighted by atomic mass is 16.2. The summed E-state index contributed by atoms with van der Waals surface area (Å²) in [6.07, 6.45) is 0. The Kier molecular flexibility index (Phi) is 6.22. The van der Waals surface area contributed by atoms with Gasteiger partial charge in [0.2, 0.25) is 5.91 Å². The van der Waals surface area contributed by atoms with Gasteiger partial charge in [-0.3, -0.25) is 14.5 Å². The maximum atomic E-state index is 12.7. The van der Waals surface area contributed by atoms with Gasteiger partial charge in [-0.25, -0.2) is 0 Å². The molecule has 2 amide bonds. The van der Waals surface area contributed by atoms with Crippen molar-refractivity contribution in [1.29, 1.82) is 0 Å². The van der Waals surface area contributed by atoms with E-state index in [9.17, 15) is 9.59 Å². The van der Waals surface area contributed by atoms with Crippen molar-refractivity contribution in [2.45, 2.75) is 46.1 Å². The van der Waals surface area contributed by atoms with Crippen molar-refractivity contribution < 1.29 is 9.59 Å². The van der Waals surface area contributed by atoms with Crippen LogP contribution in [-0.2, 0) is 10.2 Å². The lowest BCUT2D eigenvalue weighted by Crippen LogP contribution is -2.51. The quantitative estimate of drug-likeness (QED) is 0.911. The molecule has 1 aromatic rings. The fourth-order valence-electron chi connectivity index (χ4n) is 2.98. The van der Waals surface area contributed by atoms with E-state index in [1.165, 1.54) is 5.56 Å². The average molecular weight is 345 g/mol. The summed E-state index contributed by atoms with van der Waals surface area (Å²) in [6, 6.07) is 8.09. The Balaban J connectivity index is 1.88. The summed E-state index contributed by atoms with van der Waals surface area (Å²) in [5.41, 5.74) is 2.05. The molecule has 0 aromatic heterocycles. The Hall–Kier alpha value is -1.88. The molecule has 1 heterocycles. The maximum absolute atomic E-state index is 12.7. The van der Waals surface area contributed by atoms with E-state index in [0.717, 1.165) is 18.7 Å². The van der Waals surface area contributed by atoms with Gasteiger partial charge in [-0.1, -0.05) is 32.9 Å². The third kappa shape index (κ3) is 5.56. The van der Waals surface area contributed by atoms with Gasteiger partial charge in [0.05, 0.1) is 6.54 Å². The topological polar surface area (TPSA) is 52.7 Å². The first-order valence-electron chi connectivity index (χ1n) is 9.08. The van der Waals surface area contributed by atoms with E-state index >= 15 is 0 Å². The first kappa shape index (κ1) is 19.4. The van der Waals surface area contributed by atoms with Gasteiger partial charge in [0.1, 0.15) is 0 Å². The SMILES string of the molecule is CC(C)NC(=O)CN1CCN(C(=O)c2ccc(C(C)(C)C)cc2)CC1. The second-order valence-electron chi connectivity index (χ2n) is 8.12. The lowest BCUT2D eigenvalue weighted by molar-refractivity contribution is -0.123. The normalized spacial score (nSPS) is 16.2. The molecule has 1 aromatic carbocycles. The highest BCUT2D eigenvalue weighted by Crippen LogP contribution is 2.22. The van der Waals surface area contributed by atoms with E-state index in [4.69, 9.17) is 0 Å². The highest BCUT2D eigenvalue weighted by molar-refractivity contribution is 5.94. The molecule has 5 heteroatoms. The molecular weight excluding hydrogens is 314 g/mol. The van der Waals surface area contributed by atoms with E-state index in [-0.39, 0.29) is 23.3 Å². The third-order valence-corrected chi connectivity index (χ3v) is 4.47. The minimum absolute atomic E-state index is 0.0487. The Bertz CT molecular complexity index is 594. The summed E-state index contributed by atoms with van der Waals surface area (Å²) in [7, 11) is 0. The van der Waals surface area contributed by atoms with E-state index in [1.807, 2.05) is 43.0 Å². The second-order valence-corrected chi connectivity index (χ2v) is 8.12. The van der Waals surface area contributed by atoms with Crippen LogP contribution in [0, 0.1) is 0 Å². The number of benzene rings is 1. The molecule has 0 unspecified atom stereocenters. The Morgan fingerprint density at radius 3 is 2.08 bits per heavy atom. The van der Waals surface area contributed by atoms with Gasteiger partial charge in [0.15, 0.2) is 0 Å². The average Bonchev–Trinajstić information content (AvgIpc) is 2.53. The van der Waals surface area contributed by atoms with Crippen molar-refractivity contribution in [3.63, 3.8) is 0 Å². The Morgan fingerprint density at radius 2 is 1.60 bits per heavy atom. The summed E-state index contributed by atoms with van der Waals surface area (Å²) in [5.74, 6) is 0.124. The zero-order chi connectivity index (χ0) is 18.6. The van der Waals surface area contributed by atoms with Gasteiger partial charge in [0, 0.05) is 37.8 Å². The van der Waals surface area contributed by atoms with Gasteiger partial charge in [-0.2, -0.15) is 0 Å². The lowest BCUT2D eigenvalue weighted by atomic mass is 9.86. The van der Waals surface area contributed by atoms with Crippen molar-refractivity contribution >= 4 is 11.8 Å². The first-order valence-corrected chi connectivity index (χ1v) is 9.08. The molecule has 1 aliphatic heterocycles. The van der Waals surface area contributed by atoms with E-state index in [0.29, 0.717) is 19.6 Å². The molecule has 2 rings (SSSR count). The van der Waals surface area contributed by atoms with Crippen molar-refractivity contribution in [2.24, 2.45) is 0 Å². The van der Waals surface area contributed by atoms with Gasteiger partial charge in [-0.05, 0) is 37.0 Å². The molecule has 0 aliphatic carbocycles. The van der Waals surface area contributed by atoms with Crippen molar-refractivity contribution in [3.8, 4) is 0 Å². The first-order chi connectivity index (χ1) is 11.7. The highest BCUT2D eigenvalue weighted by Gasteiger charge is 2.23. The molecule has 138 valence electrons. The monoisotopic (exact) mass is 345 g/mol. The number of hydrogen-bond acceptors (Lipinski definition) is 3. The largest absolute Gasteiger partial charge is 0.353 e. The molecule has 1 aliphatic rings. The van der Waals surface area contributed by atoms with Crippen LogP contribution in [0.1, 0.15) is 50.5 Å². The fourth-order valence-corrected chi connectivity index (χ4v) is 2.98. The molecule has 0 bridgehead atoms. The van der Waals surface area contributed by atoms with Crippen LogP contribution in [0.3, 0.4) is 0 Å². The molecule has 25 heavy (non-hydrogen) atoms. The summed E-state index contributed by atoms with van der Waals surface area (Å²) in [4.78, 5) is 28.5. The van der Waals surface area contributed by atoms with Crippen LogP contribution in [-0.4, -0.2) is 60.4 Å². The molecule has 1 N–H and O–H groups in total. The molecule has 0 saturated carbocycles. The molecule has 1 saturated heterocycles. The smallest absolute Gasteiger partial charge is 0.253 e. The minimum Gasteiger partial charge on any atom is -0.353 e. The second kappa shape index (κ2) is 8.00. The van der Waals surface area contributed by atoms with Gasteiger partial charge in [0.25, 0.3) is 5.91 Å². The van der Waals surface area contributed by atoms with Crippen LogP contribution in [0.2, 0.25) is 0 Å². The molecular formula is C20H31N3O2. The van der Waals surface area contributed by atoms with E-state index in [1.54, 1.807) is 0 Å². The van der Waals surface area contributed by atoms with Crippen molar-refractivity contribution in [3.05, 3.63) is 35.4 Å². The maximum Gasteiger partial charge on any atom is 0.253 e. The molecule has 1 fully saturated rings. The van der Waals surface area contributed by atoms with Gasteiger partial charge in [-0.15, -0.1) is 0 Å². The van der Waals surface area contributed by atoms with Crippen LogP contribution < -0.4 is 5.32 Å². The summed E-state index contributed by atoms with van der Waals surface area (Å²) < 4.78 is 0. The van der Waals surface area contributed by atoms with Crippen LogP contribution in [0.15, 0.2) is 24.3 Å². The van der Waals surface area contributed by atoms with E-state index in [2.05, 4.69) is 31.0 Å². The Morgan fingerprint density at radius 1 is 1.04 bits per heavy atom. The number of carbonyl (C=O) groups is 2. The van der Waals surface area contributed by atoms with E-state index < -0.39 is 0 Å². The number of amides is 2. The molecule has 5 nitrogen and oxygen atoms in total. The minimum atomic E-state index is 0.0487. The predicted molar refractivity (Wildman–Crippen MR) is 101 cm³/mol. The van der Waals surface area contributed by atoms with Crippen LogP contribution in [0.5, 0.6) is 0 Å². The van der Waals surface area contributed by atoms with Crippen LogP contribution >= 0.6 is 0 Å². The molecule has 0 spiro atoms. The number of hydrogen-bond donors (Lipinski definition) is 1. The van der Waals surface area contributed by atoms with Gasteiger partial charge >= 0.3 is 0 Å². The molecule has 0 atom stereocenters. The van der Waals surface area contributed by atoms with Crippen molar-refractivity contribution in [2.75, 3.05) is 32.7 Å². The number of piperazine rings is 1. The van der Waals surface area contributed by atoms with Crippen LogP contribution in [0.4, 0.5) is 0 Å². The summed E-state index contributed by atoms with van der Waals surface area (Å²) in [5, 5.41) is 2.91. The number of nitrogens with one attached hydrogen (secondary N) is 1. The lowest BCUT2D eigenvalue weighted by Gasteiger charge is -2.34. The summed E-state index contributed by atoms with van der Waals surface area (Å²) in [6.45, 7) is 13.6. The predicted octanol–water partition coefficient (Wildman–Crippen LogP) is 2.27. The zero-order valence-corrected chi connectivity index (χ0v) is 16.1. The van der Waals surface area contributed by atoms with Crippen LogP contribution in [0.25, 0.3) is 0 Å². The number of rotatable bonds is 4. The number of nitrogens with zero attached hydrogens (tertiary/aromatic N) is 2. The zero-order valence-electron chi connectivity index (χ0n) is 16.1. The number of carbonyl (C=O) groups excluding carboxylic acids is 2. The fraction of sp³-hybridized carbons (Fsp3) is 0.600. The third-order valence-electron chi connectivity index (χ3n) is 4.47. The Labute approximate surface area is 151 Å². The van der Waals surface area contributed by atoms with Crippen molar-refractivity contribution in [1.82, 2.24) is 15.1 Å². The molecule has 0 radical (unpaired) electrons. The standard InChI is InChI=1S/C20H31N3O2/c1-15(2)21-18(24)14-22-10-12-23(13-11-22)19(25)16-6-8-17(9-7-16)20(3,4)5/h6-9,15H,10-14H2,1-5H3,(H,21,24). The summed E-state index contributed by atoms with van der Waals surface area (Å²) >= 11 is 0. The van der Waals surface area contributed by atoms with Gasteiger partial charge < -0.3 is 10.2 Å².